The maximum atomic E-state index is 13.7. The van der Waals surface area contributed by atoms with Crippen LogP contribution < -0.4 is 10.3 Å². The molecule has 236 valence electrons. The van der Waals surface area contributed by atoms with E-state index in [9.17, 15) is 23.1 Å². The first-order valence-electron chi connectivity index (χ1n) is 14.0. The van der Waals surface area contributed by atoms with Gasteiger partial charge in [0.2, 0.25) is 22.1 Å². The Bertz CT molecular complexity index is 1640. The van der Waals surface area contributed by atoms with Gasteiger partial charge in [0.15, 0.2) is 0 Å². The van der Waals surface area contributed by atoms with E-state index in [1.165, 1.54) is 37.5 Å². The van der Waals surface area contributed by atoms with Gasteiger partial charge < -0.3 is 24.1 Å². The van der Waals surface area contributed by atoms with Gasteiger partial charge in [0.25, 0.3) is 5.56 Å². The third kappa shape index (κ3) is 7.13. The number of aliphatic hydroxyl groups is 1. The Morgan fingerprint density at radius 1 is 1.16 bits per heavy atom. The molecule has 12 nitrogen and oxygen atoms in total. The molecule has 1 aliphatic heterocycles. The molecule has 2 heterocycles. The zero-order chi connectivity index (χ0) is 31.9. The van der Waals surface area contributed by atoms with Crippen molar-refractivity contribution < 1.29 is 37.3 Å². The smallest absolute Gasteiger partial charge is 0.373 e. The van der Waals surface area contributed by atoms with Crippen LogP contribution in [0.3, 0.4) is 0 Å². The van der Waals surface area contributed by atoms with E-state index < -0.39 is 34.8 Å². The van der Waals surface area contributed by atoms with Crippen molar-refractivity contribution in [1.29, 1.82) is 0 Å². The highest BCUT2D eigenvalue weighted by atomic mass is 32.2. The molecule has 2 unspecified atom stereocenters. The number of hydrogen-bond donors (Lipinski definition) is 1. The molecule has 1 aromatic heterocycles. The van der Waals surface area contributed by atoms with Crippen LogP contribution in [0.15, 0.2) is 88.8 Å². The fraction of sp³-hybridized carbons (Fsp3) is 0.355. The number of para-hydroxylation sites is 1. The zero-order valence-electron chi connectivity index (χ0n) is 24.9. The molecule has 1 aliphatic rings. The minimum atomic E-state index is -3.96. The van der Waals surface area contributed by atoms with E-state index in [2.05, 4.69) is 6.58 Å². The van der Waals surface area contributed by atoms with Crippen molar-refractivity contribution in [2.45, 2.75) is 30.4 Å². The van der Waals surface area contributed by atoms with E-state index in [1.54, 1.807) is 22.5 Å². The summed E-state index contributed by atoms with van der Waals surface area (Å²) in [4.78, 5) is 26.6. The first kappa shape index (κ1) is 32.7. The number of rotatable bonds is 14. The number of sulfonamides is 1. The molecule has 44 heavy (non-hydrogen) atoms. The second-order valence-electron chi connectivity index (χ2n) is 9.96. The summed E-state index contributed by atoms with van der Waals surface area (Å²) in [5.41, 5.74) is 1.59. The highest BCUT2D eigenvalue weighted by molar-refractivity contribution is 7.89. The summed E-state index contributed by atoms with van der Waals surface area (Å²) in [6, 6.07) is 15.1. The summed E-state index contributed by atoms with van der Waals surface area (Å²) in [6.07, 6.45) is 2.15. The summed E-state index contributed by atoms with van der Waals surface area (Å²) in [6.45, 7) is 4.55. The Hall–Kier alpha value is -4.17. The SMILES string of the molecule is C=CCOC(=O)C1=CC(c2c(C)n(C)n(-c3ccccc3)c2=O)CC(OCCN(CCO)S(=O)(=O)c2ccc(OC)cc2)O1. The van der Waals surface area contributed by atoms with Crippen LogP contribution in [-0.2, 0) is 36.1 Å². The molecule has 0 saturated heterocycles. The predicted molar refractivity (Wildman–Crippen MR) is 162 cm³/mol. The zero-order valence-corrected chi connectivity index (χ0v) is 25.7. The third-order valence-corrected chi connectivity index (χ3v) is 9.16. The van der Waals surface area contributed by atoms with Crippen LogP contribution in [0.25, 0.3) is 5.69 Å². The van der Waals surface area contributed by atoms with Gasteiger partial charge >= 0.3 is 5.97 Å². The third-order valence-electron chi connectivity index (χ3n) is 7.25. The fourth-order valence-electron chi connectivity index (χ4n) is 4.97. The lowest BCUT2D eigenvalue weighted by Crippen LogP contribution is -2.38. The van der Waals surface area contributed by atoms with Crippen molar-refractivity contribution in [1.82, 2.24) is 13.7 Å². The van der Waals surface area contributed by atoms with Gasteiger partial charge in [-0.05, 0) is 49.4 Å². The summed E-state index contributed by atoms with van der Waals surface area (Å²) in [7, 11) is -0.703. The number of methoxy groups -OCH3 is 1. The maximum absolute atomic E-state index is 13.7. The number of hydrogen-bond acceptors (Lipinski definition) is 9. The molecule has 2 atom stereocenters. The molecular formula is C31H37N3O9S. The molecule has 3 aromatic rings. The average molecular weight is 628 g/mol. The Morgan fingerprint density at radius 3 is 2.50 bits per heavy atom. The Kier molecular flexibility index (Phi) is 10.8. The van der Waals surface area contributed by atoms with Crippen LogP contribution in [0.5, 0.6) is 5.75 Å². The molecule has 1 N–H and O–H groups in total. The van der Waals surface area contributed by atoms with Crippen molar-refractivity contribution in [3.63, 3.8) is 0 Å². The van der Waals surface area contributed by atoms with Gasteiger partial charge in [0, 0.05) is 43.7 Å². The van der Waals surface area contributed by atoms with E-state index in [4.69, 9.17) is 18.9 Å². The number of ether oxygens (including phenoxy) is 4. The Balaban J connectivity index is 1.57. The van der Waals surface area contributed by atoms with Crippen molar-refractivity contribution in [2.75, 3.05) is 40.0 Å². The minimum Gasteiger partial charge on any atom is -0.497 e. The van der Waals surface area contributed by atoms with Crippen LogP contribution in [0.1, 0.15) is 23.6 Å². The minimum absolute atomic E-state index is 0.0326. The first-order valence-corrected chi connectivity index (χ1v) is 15.4. The fourth-order valence-corrected chi connectivity index (χ4v) is 6.39. The molecule has 0 amide bonds. The molecule has 0 saturated carbocycles. The summed E-state index contributed by atoms with van der Waals surface area (Å²) in [5.74, 6) is -0.936. The standard InChI is InChI=1S/C31H37N3O9S/c1-5-18-42-31(37)27-20-23(29-22(2)32(3)34(30(29)36)24-9-7-6-8-10-24)21-28(43-27)41-19-16-33(15-17-35)44(38,39)26-13-11-25(40-4)12-14-26/h5-14,20,23,28,35H,1,15-19,21H2,2-4H3. The van der Waals surface area contributed by atoms with E-state index in [1.807, 2.05) is 37.3 Å². The van der Waals surface area contributed by atoms with Crippen molar-refractivity contribution in [2.24, 2.45) is 7.05 Å². The normalized spacial score (nSPS) is 16.7. The number of aliphatic hydroxyl groups excluding tert-OH is 1. The second-order valence-corrected chi connectivity index (χ2v) is 11.9. The average Bonchev–Trinajstić information content (AvgIpc) is 3.26. The molecule has 0 radical (unpaired) electrons. The Morgan fingerprint density at radius 2 is 1.86 bits per heavy atom. The second kappa shape index (κ2) is 14.5. The van der Waals surface area contributed by atoms with Crippen molar-refractivity contribution in [3.05, 3.63) is 101 Å². The van der Waals surface area contributed by atoms with Gasteiger partial charge in [-0.3, -0.25) is 9.48 Å². The number of allylic oxidation sites excluding steroid dienone is 1. The monoisotopic (exact) mass is 627 g/mol. The first-order chi connectivity index (χ1) is 21.1. The van der Waals surface area contributed by atoms with E-state index in [-0.39, 0.29) is 48.9 Å². The van der Waals surface area contributed by atoms with Gasteiger partial charge in [0.05, 0.1) is 30.9 Å². The van der Waals surface area contributed by atoms with Crippen LogP contribution in [-0.4, -0.2) is 79.5 Å². The van der Waals surface area contributed by atoms with Crippen LogP contribution in [0.4, 0.5) is 0 Å². The van der Waals surface area contributed by atoms with Crippen LogP contribution in [0.2, 0.25) is 0 Å². The van der Waals surface area contributed by atoms with E-state index in [0.29, 0.717) is 22.7 Å². The lowest BCUT2D eigenvalue weighted by Gasteiger charge is -2.29. The molecule has 0 aliphatic carbocycles. The van der Waals surface area contributed by atoms with Gasteiger partial charge in [-0.15, -0.1) is 0 Å². The molecule has 2 aromatic carbocycles. The molecule has 4 rings (SSSR count). The lowest BCUT2D eigenvalue weighted by atomic mass is 9.93. The number of esters is 1. The molecular weight excluding hydrogens is 590 g/mol. The Labute approximate surface area is 256 Å². The van der Waals surface area contributed by atoms with Crippen LogP contribution in [0, 0.1) is 6.92 Å². The molecule has 0 spiro atoms. The molecule has 0 bridgehead atoms. The van der Waals surface area contributed by atoms with Gasteiger partial charge in [-0.25, -0.2) is 17.9 Å². The lowest BCUT2D eigenvalue weighted by molar-refractivity contribution is -0.160. The topological polar surface area (TPSA) is 139 Å². The van der Waals surface area contributed by atoms with Gasteiger partial charge in [0.1, 0.15) is 12.4 Å². The van der Waals surface area contributed by atoms with Crippen molar-refractivity contribution >= 4 is 16.0 Å². The highest BCUT2D eigenvalue weighted by Gasteiger charge is 2.34. The molecule has 13 heteroatoms. The van der Waals surface area contributed by atoms with Gasteiger partial charge in [-0.1, -0.05) is 30.9 Å². The molecule has 0 fully saturated rings. The quantitative estimate of drug-likeness (QED) is 0.211. The summed E-state index contributed by atoms with van der Waals surface area (Å²) >= 11 is 0. The highest BCUT2D eigenvalue weighted by Crippen LogP contribution is 2.32. The summed E-state index contributed by atoms with van der Waals surface area (Å²) < 4.78 is 53.0. The number of nitrogens with zero attached hydrogens (tertiary/aromatic N) is 3. The van der Waals surface area contributed by atoms with E-state index in [0.717, 1.165) is 4.31 Å². The summed E-state index contributed by atoms with van der Waals surface area (Å²) in [5, 5.41) is 9.57. The number of carbonyl (C=O) groups excluding carboxylic acids is 1. The maximum Gasteiger partial charge on any atom is 0.373 e. The van der Waals surface area contributed by atoms with Crippen LogP contribution >= 0.6 is 0 Å². The van der Waals surface area contributed by atoms with E-state index >= 15 is 0 Å². The van der Waals surface area contributed by atoms with Crippen molar-refractivity contribution in [3.8, 4) is 11.4 Å². The predicted octanol–water partition coefficient (Wildman–Crippen LogP) is 2.64. The number of aromatic nitrogens is 2. The largest absolute Gasteiger partial charge is 0.497 e. The number of carbonyl (C=O) groups is 1. The van der Waals surface area contributed by atoms with Gasteiger partial charge in [-0.2, -0.15) is 4.31 Å². The number of benzene rings is 2.